The molecule has 11 heavy (non-hydrogen) atoms. The lowest BCUT2D eigenvalue weighted by Crippen LogP contribution is -1.78. The van der Waals surface area contributed by atoms with E-state index in [1.165, 1.54) is 27.4 Å². The number of aromatic nitrogens is 2. The Morgan fingerprint density at radius 2 is 2.09 bits per heavy atom. The Hall–Kier alpha value is -0.960. The highest BCUT2D eigenvalue weighted by Gasteiger charge is 2.01. The highest BCUT2D eigenvalue weighted by molar-refractivity contribution is 7.12. The lowest BCUT2D eigenvalue weighted by atomic mass is 10.1. The second-order valence-electron chi connectivity index (χ2n) is 2.70. The normalized spacial score (nSPS) is 10.7. The van der Waals surface area contributed by atoms with Crippen LogP contribution in [0, 0.1) is 13.8 Å². The zero-order valence-electron chi connectivity index (χ0n) is 6.46. The van der Waals surface area contributed by atoms with Crippen LogP contribution in [-0.2, 0) is 0 Å². The van der Waals surface area contributed by atoms with Gasteiger partial charge in [0.15, 0.2) is 0 Å². The second kappa shape index (κ2) is 2.27. The fourth-order valence-electron chi connectivity index (χ4n) is 1.22. The smallest absolute Gasteiger partial charge is 0.108 e. The number of fused-ring (bicyclic) bond motifs is 1. The van der Waals surface area contributed by atoms with Gasteiger partial charge < -0.3 is 0 Å². The van der Waals surface area contributed by atoms with Crippen LogP contribution in [0.2, 0.25) is 0 Å². The van der Waals surface area contributed by atoms with Gasteiger partial charge in [0.05, 0.1) is 4.70 Å². The molecular formula is C8H8N2S. The van der Waals surface area contributed by atoms with Crippen molar-refractivity contribution in [3.05, 3.63) is 23.3 Å². The number of nitrogens with zero attached hydrogens (tertiary/aromatic N) is 2. The Kier molecular flexibility index (Phi) is 1.39. The maximum Gasteiger partial charge on any atom is 0.108 e. The van der Waals surface area contributed by atoms with Gasteiger partial charge in [0.25, 0.3) is 0 Å². The van der Waals surface area contributed by atoms with Crippen LogP contribution in [0.1, 0.15) is 11.1 Å². The molecular weight excluding hydrogens is 156 g/mol. The van der Waals surface area contributed by atoms with Gasteiger partial charge in [-0.25, -0.2) is 0 Å². The van der Waals surface area contributed by atoms with E-state index in [4.69, 9.17) is 0 Å². The van der Waals surface area contributed by atoms with Crippen LogP contribution in [0.25, 0.3) is 10.2 Å². The molecule has 1 heterocycles. The van der Waals surface area contributed by atoms with E-state index in [-0.39, 0.29) is 0 Å². The van der Waals surface area contributed by atoms with Crippen molar-refractivity contribution >= 4 is 21.7 Å². The first kappa shape index (κ1) is 6.73. The number of hydrogen-bond donors (Lipinski definition) is 0. The molecule has 0 unspecified atom stereocenters. The molecule has 0 N–H and O–H groups in total. The lowest BCUT2D eigenvalue weighted by molar-refractivity contribution is 1.19. The molecule has 0 atom stereocenters. The molecule has 1 aromatic carbocycles. The summed E-state index contributed by atoms with van der Waals surface area (Å²) in [5.74, 6) is 0. The average Bonchev–Trinajstić information content (AvgIpc) is 2.34. The molecule has 3 heteroatoms. The molecule has 0 aliphatic carbocycles. The molecule has 0 saturated heterocycles. The Morgan fingerprint density at radius 3 is 2.91 bits per heavy atom. The zero-order valence-corrected chi connectivity index (χ0v) is 7.27. The van der Waals surface area contributed by atoms with Crippen molar-refractivity contribution in [1.29, 1.82) is 0 Å². The van der Waals surface area contributed by atoms with Crippen LogP contribution >= 0.6 is 11.5 Å². The van der Waals surface area contributed by atoms with Gasteiger partial charge in [-0.1, -0.05) is 10.6 Å². The highest BCUT2D eigenvalue weighted by atomic mass is 32.1. The highest BCUT2D eigenvalue weighted by Crippen LogP contribution is 2.20. The minimum atomic E-state index is 1.04. The van der Waals surface area contributed by atoms with Crippen molar-refractivity contribution in [1.82, 2.24) is 9.59 Å². The zero-order chi connectivity index (χ0) is 7.84. The van der Waals surface area contributed by atoms with Crippen LogP contribution in [-0.4, -0.2) is 9.59 Å². The van der Waals surface area contributed by atoms with Crippen LogP contribution in [0.15, 0.2) is 12.1 Å². The molecule has 0 aliphatic heterocycles. The van der Waals surface area contributed by atoms with E-state index < -0.39 is 0 Å². The fraction of sp³-hybridized carbons (Fsp3) is 0.250. The van der Waals surface area contributed by atoms with Crippen molar-refractivity contribution in [2.75, 3.05) is 0 Å². The van der Waals surface area contributed by atoms with E-state index in [9.17, 15) is 0 Å². The van der Waals surface area contributed by atoms with Crippen LogP contribution in [0.3, 0.4) is 0 Å². The van der Waals surface area contributed by atoms with E-state index in [0.717, 1.165) is 5.52 Å². The van der Waals surface area contributed by atoms with Gasteiger partial charge in [0.2, 0.25) is 0 Å². The quantitative estimate of drug-likeness (QED) is 0.597. The second-order valence-corrected chi connectivity index (χ2v) is 3.49. The summed E-state index contributed by atoms with van der Waals surface area (Å²) in [6, 6.07) is 4.25. The lowest BCUT2D eigenvalue weighted by Gasteiger charge is -1.94. The summed E-state index contributed by atoms with van der Waals surface area (Å²) >= 11 is 1.45. The maximum absolute atomic E-state index is 4.03. The molecule has 2 rings (SSSR count). The van der Waals surface area contributed by atoms with Gasteiger partial charge in [-0.2, -0.15) is 0 Å². The molecule has 0 radical (unpaired) electrons. The first-order valence-electron chi connectivity index (χ1n) is 3.47. The molecule has 0 fully saturated rings. The number of rotatable bonds is 0. The summed E-state index contributed by atoms with van der Waals surface area (Å²) in [4.78, 5) is 0. The van der Waals surface area contributed by atoms with E-state index >= 15 is 0 Å². The molecule has 0 amide bonds. The monoisotopic (exact) mass is 164 g/mol. The summed E-state index contributed by atoms with van der Waals surface area (Å²) in [5, 5.41) is 4.03. The summed E-state index contributed by atoms with van der Waals surface area (Å²) in [7, 11) is 0. The minimum Gasteiger partial charge on any atom is -0.138 e. The standard InChI is InChI=1S/C8H8N2S/c1-5-3-6(2)8-7(4-5)11-10-9-8/h3-4H,1-2H3. The molecule has 0 bridgehead atoms. The molecule has 0 aliphatic rings. The number of hydrogen-bond acceptors (Lipinski definition) is 3. The number of benzene rings is 1. The number of aryl methyl sites for hydroxylation is 2. The molecule has 0 spiro atoms. The SMILES string of the molecule is Cc1cc(C)c2nnsc2c1. The molecule has 0 saturated carbocycles. The van der Waals surface area contributed by atoms with Gasteiger partial charge in [0.1, 0.15) is 5.52 Å². The Bertz CT molecular complexity index is 392. The summed E-state index contributed by atoms with van der Waals surface area (Å²) < 4.78 is 5.08. The topological polar surface area (TPSA) is 25.8 Å². The fourth-order valence-corrected chi connectivity index (χ4v) is 1.96. The van der Waals surface area contributed by atoms with E-state index in [1.54, 1.807) is 0 Å². The van der Waals surface area contributed by atoms with Gasteiger partial charge in [-0.3, -0.25) is 0 Å². The molecule has 56 valence electrons. The van der Waals surface area contributed by atoms with Crippen molar-refractivity contribution in [2.45, 2.75) is 13.8 Å². The third-order valence-electron chi connectivity index (χ3n) is 1.69. The van der Waals surface area contributed by atoms with Crippen LogP contribution in [0.5, 0.6) is 0 Å². The first-order valence-corrected chi connectivity index (χ1v) is 4.24. The third kappa shape index (κ3) is 1.01. The summed E-state index contributed by atoms with van der Waals surface area (Å²) in [5.41, 5.74) is 3.54. The Morgan fingerprint density at radius 1 is 1.27 bits per heavy atom. The molecule has 2 nitrogen and oxygen atoms in total. The van der Waals surface area contributed by atoms with Gasteiger partial charge in [-0.05, 0) is 42.6 Å². The van der Waals surface area contributed by atoms with Gasteiger partial charge in [-0.15, -0.1) is 5.10 Å². The Labute approximate surface area is 69.0 Å². The minimum absolute atomic E-state index is 1.04. The first-order chi connectivity index (χ1) is 5.27. The summed E-state index contributed by atoms with van der Waals surface area (Å²) in [6.07, 6.45) is 0. The van der Waals surface area contributed by atoms with Crippen molar-refractivity contribution in [3.8, 4) is 0 Å². The van der Waals surface area contributed by atoms with Crippen LogP contribution < -0.4 is 0 Å². The van der Waals surface area contributed by atoms with E-state index in [1.807, 2.05) is 0 Å². The largest absolute Gasteiger partial charge is 0.138 e. The van der Waals surface area contributed by atoms with Gasteiger partial charge >= 0.3 is 0 Å². The van der Waals surface area contributed by atoms with E-state index in [0.29, 0.717) is 0 Å². The maximum atomic E-state index is 4.03. The molecule has 1 aromatic heterocycles. The predicted octanol–water partition coefficient (Wildman–Crippen LogP) is 2.31. The molecule has 2 aromatic rings. The van der Waals surface area contributed by atoms with E-state index in [2.05, 4.69) is 35.6 Å². The van der Waals surface area contributed by atoms with Crippen LogP contribution in [0.4, 0.5) is 0 Å². The van der Waals surface area contributed by atoms with Crippen molar-refractivity contribution < 1.29 is 0 Å². The third-order valence-corrected chi connectivity index (χ3v) is 2.36. The summed E-state index contributed by atoms with van der Waals surface area (Å²) in [6.45, 7) is 4.16. The van der Waals surface area contributed by atoms with Crippen molar-refractivity contribution in [2.24, 2.45) is 0 Å². The van der Waals surface area contributed by atoms with Crippen molar-refractivity contribution in [3.63, 3.8) is 0 Å². The van der Waals surface area contributed by atoms with Gasteiger partial charge in [0, 0.05) is 0 Å². The average molecular weight is 164 g/mol. The predicted molar refractivity (Wildman–Crippen MR) is 46.9 cm³/mol. The Balaban J connectivity index is 2.91.